The highest BCUT2D eigenvalue weighted by Gasteiger charge is 2.30. The standard InChI is InChI=1S/C20H19N3.ClH/c1-13-17(15-11-7-8-12-16(15)21-13)19-18(22-20(2,3)23-19)14-9-5-4-6-10-14;/h4-12,21H,1-3H3;1H. The highest BCUT2D eigenvalue weighted by Crippen LogP contribution is 2.30. The summed E-state index contributed by atoms with van der Waals surface area (Å²) in [5, 5.41) is 1.20. The number of hydrogen-bond acceptors (Lipinski definition) is 2. The summed E-state index contributed by atoms with van der Waals surface area (Å²) in [5.74, 6) is 0. The molecule has 1 aliphatic heterocycles. The van der Waals surface area contributed by atoms with Gasteiger partial charge in [0.1, 0.15) is 5.66 Å². The van der Waals surface area contributed by atoms with Crippen molar-refractivity contribution in [2.45, 2.75) is 26.4 Å². The summed E-state index contributed by atoms with van der Waals surface area (Å²) >= 11 is 0. The third-order valence-electron chi connectivity index (χ3n) is 4.17. The molecule has 4 heteroatoms. The van der Waals surface area contributed by atoms with E-state index in [4.69, 9.17) is 9.98 Å². The van der Waals surface area contributed by atoms with Gasteiger partial charge < -0.3 is 4.98 Å². The molecular formula is C20H20ClN3. The maximum Gasteiger partial charge on any atom is 0.146 e. The summed E-state index contributed by atoms with van der Waals surface area (Å²) in [6.07, 6.45) is 0. The molecule has 0 fully saturated rings. The van der Waals surface area contributed by atoms with E-state index in [9.17, 15) is 0 Å². The number of rotatable bonds is 2. The van der Waals surface area contributed by atoms with E-state index in [0.717, 1.165) is 33.8 Å². The van der Waals surface area contributed by atoms with E-state index in [2.05, 4.69) is 48.3 Å². The Labute approximate surface area is 148 Å². The molecule has 122 valence electrons. The second-order valence-electron chi connectivity index (χ2n) is 6.45. The van der Waals surface area contributed by atoms with Crippen LogP contribution in [0.1, 0.15) is 30.7 Å². The first-order valence-electron chi connectivity index (χ1n) is 7.88. The van der Waals surface area contributed by atoms with Crippen molar-refractivity contribution in [1.29, 1.82) is 0 Å². The normalized spacial score (nSPS) is 15.8. The smallest absolute Gasteiger partial charge is 0.146 e. The molecule has 24 heavy (non-hydrogen) atoms. The number of nitrogens with zero attached hydrogens (tertiary/aromatic N) is 2. The summed E-state index contributed by atoms with van der Waals surface area (Å²) in [6.45, 7) is 6.20. The minimum atomic E-state index is -0.425. The Bertz CT molecular complexity index is 949. The van der Waals surface area contributed by atoms with Gasteiger partial charge in [0.25, 0.3) is 0 Å². The fourth-order valence-electron chi connectivity index (χ4n) is 3.23. The Morgan fingerprint density at radius 2 is 1.46 bits per heavy atom. The molecule has 1 aliphatic rings. The monoisotopic (exact) mass is 337 g/mol. The highest BCUT2D eigenvalue weighted by atomic mass is 35.5. The Kier molecular flexibility index (Phi) is 4.06. The number of aryl methyl sites for hydroxylation is 1. The Morgan fingerprint density at radius 1 is 0.833 bits per heavy atom. The number of aromatic nitrogens is 1. The minimum Gasteiger partial charge on any atom is -0.358 e. The first-order valence-corrected chi connectivity index (χ1v) is 7.88. The van der Waals surface area contributed by atoms with Crippen LogP contribution in [-0.2, 0) is 0 Å². The zero-order valence-corrected chi connectivity index (χ0v) is 14.8. The number of benzene rings is 2. The first-order chi connectivity index (χ1) is 11.1. The summed E-state index contributed by atoms with van der Waals surface area (Å²) in [6, 6.07) is 18.7. The highest BCUT2D eigenvalue weighted by molar-refractivity contribution is 6.56. The van der Waals surface area contributed by atoms with Gasteiger partial charge in [0, 0.05) is 27.7 Å². The van der Waals surface area contributed by atoms with Crippen molar-refractivity contribution in [3.8, 4) is 0 Å². The Balaban J connectivity index is 0.00000169. The number of aromatic amines is 1. The average Bonchev–Trinajstić information content (AvgIpc) is 3.03. The predicted octanol–water partition coefficient (Wildman–Crippen LogP) is 4.93. The molecule has 3 nitrogen and oxygen atoms in total. The van der Waals surface area contributed by atoms with Crippen molar-refractivity contribution >= 4 is 34.7 Å². The van der Waals surface area contributed by atoms with Crippen molar-refractivity contribution in [3.63, 3.8) is 0 Å². The van der Waals surface area contributed by atoms with Crippen LogP contribution in [0.3, 0.4) is 0 Å². The van der Waals surface area contributed by atoms with Crippen LogP contribution in [0.4, 0.5) is 0 Å². The fraction of sp³-hybridized carbons (Fsp3) is 0.200. The molecular weight excluding hydrogens is 318 g/mol. The van der Waals surface area contributed by atoms with Crippen LogP contribution >= 0.6 is 12.4 Å². The molecule has 0 amide bonds. The van der Waals surface area contributed by atoms with Crippen LogP contribution in [-0.4, -0.2) is 22.1 Å². The Hall–Kier alpha value is -2.39. The van der Waals surface area contributed by atoms with E-state index in [1.807, 2.05) is 32.0 Å². The molecule has 0 bridgehead atoms. The van der Waals surface area contributed by atoms with Gasteiger partial charge in [0.15, 0.2) is 0 Å². The van der Waals surface area contributed by atoms with E-state index >= 15 is 0 Å². The summed E-state index contributed by atoms with van der Waals surface area (Å²) in [5.41, 5.74) is 6.08. The molecule has 0 saturated carbocycles. The second kappa shape index (κ2) is 5.91. The molecule has 0 radical (unpaired) electrons. The maximum absolute atomic E-state index is 4.92. The molecule has 3 aromatic rings. The molecule has 0 aliphatic carbocycles. The van der Waals surface area contributed by atoms with E-state index < -0.39 is 5.66 Å². The number of para-hydroxylation sites is 1. The van der Waals surface area contributed by atoms with Gasteiger partial charge in [-0.2, -0.15) is 0 Å². The number of nitrogens with one attached hydrogen (secondary N) is 1. The van der Waals surface area contributed by atoms with Crippen LogP contribution in [0.15, 0.2) is 64.6 Å². The van der Waals surface area contributed by atoms with Crippen molar-refractivity contribution in [1.82, 2.24) is 4.98 Å². The molecule has 4 rings (SSSR count). The van der Waals surface area contributed by atoms with Crippen LogP contribution in [0.5, 0.6) is 0 Å². The van der Waals surface area contributed by atoms with E-state index in [-0.39, 0.29) is 12.4 Å². The molecule has 0 saturated heterocycles. The lowest BCUT2D eigenvalue weighted by Gasteiger charge is -2.07. The van der Waals surface area contributed by atoms with E-state index in [0.29, 0.717) is 0 Å². The number of H-pyrrole nitrogens is 1. The maximum atomic E-state index is 4.92. The van der Waals surface area contributed by atoms with Gasteiger partial charge in [-0.3, -0.25) is 9.98 Å². The fourth-order valence-corrected chi connectivity index (χ4v) is 3.23. The van der Waals surface area contributed by atoms with Gasteiger partial charge in [-0.05, 0) is 26.8 Å². The molecule has 2 aromatic carbocycles. The van der Waals surface area contributed by atoms with Crippen LogP contribution < -0.4 is 0 Å². The van der Waals surface area contributed by atoms with Gasteiger partial charge >= 0.3 is 0 Å². The lowest BCUT2D eigenvalue weighted by atomic mass is 9.98. The number of fused-ring (bicyclic) bond motifs is 1. The average molecular weight is 338 g/mol. The third kappa shape index (κ3) is 2.65. The number of hydrogen-bond donors (Lipinski definition) is 1. The summed E-state index contributed by atoms with van der Waals surface area (Å²) in [4.78, 5) is 13.3. The van der Waals surface area contributed by atoms with Gasteiger partial charge in [0.2, 0.25) is 0 Å². The quantitative estimate of drug-likeness (QED) is 0.689. The van der Waals surface area contributed by atoms with Crippen LogP contribution in [0, 0.1) is 6.92 Å². The van der Waals surface area contributed by atoms with Crippen molar-refractivity contribution in [3.05, 3.63) is 71.4 Å². The van der Waals surface area contributed by atoms with Crippen molar-refractivity contribution in [2.24, 2.45) is 9.98 Å². The Morgan fingerprint density at radius 3 is 2.21 bits per heavy atom. The molecule has 0 spiro atoms. The lowest BCUT2D eigenvalue weighted by molar-refractivity contribution is 0.567. The van der Waals surface area contributed by atoms with Gasteiger partial charge in [-0.15, -0.1) is 12.4 Å². The lowest BCUT2D eigenvalue weighted by Crippen LogP contribution is -2.14. The largest absolute Gasteiger partial charge is 0.358 e. The SMILES string of the molecule is Cc1[nH]c2ccccc2c1C1=NC(C)(C)N=C1c1ccccc1.Cl. The van der Waals surface area contributed by atoms with Crippen molar-refractivity contribution in [2.75, 3.05) is 0 Å². The predicted molar refractivity (Wildman–Crippen MR) is 104 cm³/mol. The molecule has 1 aromatic heterocycles. The number of halogens is 1. The molecule has 0 atom stereocenters. The van der Waals surface area contributed by atoms with Crippen LogP contribution in [0.2, 0.25) is 0 Å². The van der Waals surface area contributed by atoms with E-state index in [1.165, 1.54) is 5.39 Å². The van der Waals surface area contributed by atoms with Crippen molar-refractivity contribution < 1.29 is 0 Å². The van der Waals surface area contributed by atoms with Gasteiger partial charge in [-0.25, -0.2) is 0 Å². The second-order valence-corrected chi connectivity index (χ2v) is 6.45. The van der Waals surface area contributed by atoms with E-state index in [1.54, 1.807) is 0 Å². The number of aliphatic imine (C=N–C) groups is 2. The topological polar surface area (TPSA) is 40.5 Å². The van der Waals surface area contributed by atoms with Crippen LogP contribution in [0.25, 0.3) is 10.9 Å². The summed E-state index contributed by atoms with van der Waals surface area (Å²) in [7, 11) is 0. The molecule has 0 unspecified atom stereocenters. The molecule has 1 N–H and O–H groups in total. The minimum absolute atomic E-state index is 0. The third-order valence-corrected chi connectivity index (χ3v) is 4.17. The van der Waals surface area contributed by atoms with Gasteiger partial charge in [-0.1, -0.05) is 48.5 Å². The van der Waals surface area contributed by atoms with Gasteiger partial charge in [0.05, 0.1) is 11.4 Å². The summed E-state index contributed by atoms with van der Waals surface area (Å²) < 4.78 is 0. The zero-order valence-electron chi connectivity index (χ0n) is 14.0. The molecule has 2 heterocycles. The zero-order chi connectivity index (χ0) is 16.0. The first kappa shape index (κ1) is 16.5.